The molecule has 0 aliphatic heterocycles. The monoisotopic (exact) mass is 354 g/mol. The van der Waals surface area contributed by atoms with Crippen molar-refractivity contribution < 1.29 is 14.6 Å². The number of aromatic amines is 1. The number of nitrogens with one attached hydrogen (secondary N) is 2. The van der Waals surface area contributed by atoms with Crippen LogP contribution in [0.5, 0.6) is 0 Å². The molecule has 1 aromatic heterocycles. The van der Waals surface area contributed by atoms with Crippen molar-refractivity contribution >= 4 is 38.9 Å². The Morgan fingerprint density at radius 3 is 2.43 bits per heavy atom. The fourth-order valence-corrected chi connectivity index (χ4v) is 1.92. The van der Waals surface area contributed by atoms with Crippen LogP contribution < -0.4 is 5.32 Å². The Balaban J connectivity index is 2.33. The number of halogens is 1. The van der Waals surface area contributed by atoms with E-state index in [1.165, 1.54) is 12.3 Å². The lowest BCUT2D eigenvalue weighted by atomic mass is 10.2. The fourth-order valence-electron chi connectivity index (χ4n) is 1.58. The lowest BCUT2D eigenvalue weighted by Crippen LogP contribution is -2.13. The van der Waals surface area contributed by atoms with E-state index in [9.17, 15) is 25.0 Å². The van der Waals surface area contributed by atoms with Gasteiger partial charge in [0.1, 0.15) is 11.4 Å². The van der Waals surface area contributed by atoms with Crippen LogP contribution in [0.15, 0.2) is 34.9 Å². The van der Waals surface area contributed by atoms with Crippen LogP contribution in [0.1, 0.15) is 10.5 Å². The number of hydrogen-bond donors (Lipinski definition) is 2. The summed E-state index contributed by atoms with van der Waals surface area (Å²) in [6, 6.07) is 4.48. The molecule has 9 nitrogen and oxygen atoms in total. The summed E-state index contributed by atoms with van der Waals surface area (Å²) < 4.78 is 0.644. The first-order valence-electron chi connectivity index (χ1n) is 5.46. The van der Waals surface area contributed by atoms with Gasteiger partial charge >= 0.3 is 0 Å². The standard InChI is InChI=1S/C11H7BrN4O5/c12-6-3-9(13-5-6)11(17)14-8-2-1-7(15(18)19)4-10(8)16(20)21/h1-5,13H,(H,14,17). The molecule has 1 amide bonds. The van der Waals surface area contributed by atoms with Crippen LogP contribution >= 0.6 is 15.9 Å². The Labute approximate surface area is 125 Å². The van der Waals surface area contributed by atoms with Crippen LogP contribution in [0.2, 0.25) is 0 Å². The molecule has 21 heavy (non-hydrogen) atoms. The number of benzene rings is 1. The molecule has 1 aromatic carbocycles. The molecule has 0 saturated heterocycles. The highest BCUT2D eigenvalue weighted by Crippen LogP contribution is 2.29. The second-order valence-electron chi connectivity index (χ2n) is 3.90. The third-order valence-electron chi connectivity index (χ3n) is 2.53. The molecular formula is C11H7BrN4O5. The van der Waals surface area contributed by atoms with Crippen molar-refractivity contribution in [2.75, 3.05) is 5.32 Å². The molecule has 0 aliphatic rings. The van der Waals surface area contributed by atoms with E-state index in [0.29, 0.717) is 4.47 Å². The van der Waals surface area contributed by atoms with E-state index >= 15 is 0 Å². The smallest absolute Gasteiger partial charge is 0.299 e. The van der Waals surface area contributed by atoms with Gasteiger partial charge in [0.05, 0.1) is 15.9 Å². The van der Waals surface area contributed by atoms with Crippen LogP contribution in [0.4, 0.5) is 17.1 Å². The van der Waals surface area contributed by atoms with Gasteiger partial charge in [0.2, 0.25) is 0 Å². The number of H-pyrrole nitrogens is 1. The van der Waals surface area contributed by atoms with Crippen molar-refractivity contribution in [2.45, 2.75) is 0 Å². The maximum atomic E-state index is 11.9. The zero-order valence-corrected chi connectivity index (χ0v) is 11.8. The van der Waals surface area contributed by atoms with Crippen molar-refractivity contribution in [1.29, 1.82) is 0 Å². The first kappa shape index (κ1) is 14.7. The summed E-state index contributed by atoms with van der Waals surface area (Å²) >= 11 is 3.15. The number of anilines is 1. The van der Waals surface area contributed by atoms with E-state index in [1.807, 2.05) is 0 Å². The van der Waals surface area contributed by atoms with E-state index in [1.54, 1.807) is 0 Å². The Bertz CT molecular complexity index is 742. The Kier molecular flexibility index (Phi) is 3.98. The van der Waals surface area contributed by atoms with Gasteiger partial charge in [-0.15, -0.1) is 0 Å². The van der Waals surface area contributed by atoms with Gasteiger partial charge in [-0.3, -0.25) is 25.0 Å². The molecule has 2 N–H and O–H groups in total. The highest BCUT2D eigenvalue weighted by molar-refractivity contribution is 9.10. The van der Waals surface area contributed by atoms with Gasteiger partial charge in [0.15, 0.2) is 0 Å². The average Bonchev–Trinajstić information content (AvgIpc) is 2.85. The van der Waals surface area contributed by atoms with Crippen molar-refractivity contribution in [3.05, 3.63) is 60.9 Å². The fraction of sp³-hybridized carbons (Fsp3) is 0. The molecule has 0 fully saturated rings. The minimum atomic E-state index is -0.798. The number of carbonyl (C=O) groups is 1. The predicted octanol–water partition coefficient (Wildman–Crippen LogP) is 2.85. The van der Waals surface area contributed by atoms with Crippen LogP contribution in [-0.2, 0) is 0 Å². The molecule has 0 unspecified atom stereocenters. The largest absolute Gasteiger partial charge is 0.356 e. The van der Waals surface area contributed by atoms with Gasteiger partial charge < -0.3 is 10.3 Å². The van der Waals surface area contributed by atoms with Crippen LogP contribution in [0.25, 0.3) is 0 Å². The summed E-state index contributed by atoms with van der Waals surface area (Å²) in [6.07, 6.45) is 1.53. The number of nitro groups is 2. The first-order valence-corrected chi connectivity index (χ1v) is 6.26. The number of aromatic nitrogens is 1. The molecule has 0 saturated carbocycles. The topological polar surface area (TPSA) is 131 Å². The quantitative estimate of drug-likeness (QED) is 0.643. The molecular weight excluding hydrogens is 348 g/mol. The van der Waals surface area contributed by atoms with Gasteiger partial charge in [-0.25, -0.2) is 0 Å². The summed E-state index contributed by atoms with van der Waals surface area (Å²) in [4.78, 5) is 34.6. The van der Waals surface area contributed by atoms with Gasteiger partial charge in [-0.05, 0) is 28.1 Å². The zero-order valence-electron chi connectivity index (χ0n) is 10.2. The third-order valence-corrected chi connectivity index (χ3v) is 2.99. The average molecular weight is 355 g/mol. The molecule has 0 spiro atoms. The van der Waals surface area contributed by atoms with Crippen LogP contribution in [0.3, 0.4) is 0 Å². The van der Waals surface area contributed by atoms with E-state index in [0.717, 1.165) is 18.2 Å². The lowest BCUT2D eigenvalue weighted by Gasteiger charge is -2.04. The number of non-ortho nitro benzene ring substituents is 1. The summed E-state index contributed by atoms with van der Waals surface area (Å²) in [5.41, 5.74) is -0.915. The first-order chi connectivity index (χ1) is 9.88. The van der Waals surface area contributed by atoms with E-state index in [-0.39, 0.29) is 11.4 Å². The highest BCUT2D eigenvalue weighted by atomic mass is 79.9. The second kappa shape index (κ2) is 5.71. The summed E-state index contributed by atoms with van der Waals surface area (Å²) in [7, 11) is 0. The summed E-state index contributed by atoms with van der Waals surface area (Å²) in [5, 5.41) is 23.9. The number of nitrogens with zero attached hydrogens (tertiary/aromatic N) is 2. The maximum Gasteiger partial charge on any atom is 0.299 e. The third kappa shape index (κ3) is 3.23. The number of amides is 1. The van der Waals surface area contributed by atoms with Gasteiger partial charge in [-0.2, -0.15) is 0 Å². The van der Waals surface area contributed by atoms with Gasteiger partial charge in [0, 0.05) is 16.7 Å². The molecule has 0 aliphatic carbocycles. The van der Waals surface area contributed by atoms with Crippen molar-refractivity contribution in [1.82, 2.24) is 4.98 Å². The Morgan fingerprint density at radius 2 is 1.90 bits per heavy atom. The van der Waals surface area contributed by atoms with E-state index < -0.39 is 27.1 Å². The molecule has 10 heteroatoms. The molecule has 2 aromatic rings. The van der Waals surface area contributed by atoms with Crippen LogP contribution in [0, 0.1) is 20.2 Å². The van der Waals surface area contributed by atoms with E-state index in [4.69, 9.17) is 0 Å². The molecule has 0 bridgehead atoms. The summed E-state index contributed by atoms with van der Waals surface area (Å²) in [6.45, 7) is 0. The van der Waals surface area contributed by atoms with Crippen molar-refractivity contribution in [3.8, 4) is 0 Å². The maximum absolute atomic E-state index is 11.9. The Morgan fingerprint density at radius 1 is 1.19 bits per heavy atom. The number of hydrogen-bond acceptors (Lipinski definition) is 5. The van der Waals surface area contributed by atoms with Crippen molar-refractivity contribution in [2.24, 2.45) is 0 Å². The minimum absolute atomic E-state index is 0.124. The highest BCUT2D eigenvalue weighted by Gasteiger charge is 2.21. The second-order valence-corrected chi connectivity index (χ2v) is 4.82. The number of rotatable bonds is 4. The number of nitro benzene ring substituents is 2. The Hall–Kier alpha value is -2.75. The van der Waals surface area contributed by atoms with Gasteiger partial charge in [-0.1, -0.05) is 0 Å². The van der Waals surface area contributed by atoms with Crippen molar-refractivity contribution in [3.63, 3.8) is 0 Å². The molecule has 2 rings (SSSR count). The van der Waals surface area contributed by atoms with E-state index in [2.05, 4.69) is 26.2 Å². The SMILES string of the molecule is O=C(Nc1ccc([N+](=O)[O-])cc1[N+](=O)[O-])c1cc(Br)c[nH]1. The van der Waals surface area contributed by atoms with Crippen LogP contribution in [-0.4, -0.2) is 20.7 Å². The molecule has 0 atom stereocenters. The van der Waals surface area contributed by atoms with Gasteiger partial charge in [0.25, 0.3) is 17.3 Å². The minimum Gasteiger partial charge on any atom is -0.356 e. The molecule has 0 radical (unpaired) electrons. The normalized spacial score (nSPS) is 10.1. The molecule has 108 valence electrons. The molecule has 1 heterocycles. The lowest BCUT2D eigenvalue weighted by molar-refractivity contribution is -0.393. The predicted molar refractivity (Wildman–Crippen MR) is 76.2 cm³/mol. The zero-order chi connectivity index (χ0) is 15.6. The summed E-state index contributed by atoms with van der Waals surface area (Å²) in [5.74, 6) is -0.599. The number of carbonyl (C=O) groups excluding carboxylic acids is 1.